The van der Waals surface area contributed by atoms with Crippen LogP contribution in [0, 0.1) is 35.0 Å². The number of carbonyl (C=O) groups is 1. The van der Waals surface area contributed by atoms with Crippen LogP contribution < -0.4 is 0 Å². The normalized spacial score (nSPS) is 43.2. The summed E-state index contributed by atoms with van der Waals surface area (Å²) in [6, 6.07) is 0. The molecule has 0 aromatic rings. The fourth-order valence-electron chi connectivity index (χ4n) is 6.91. The SMILES string of the molecule is CC1CC2(C)C(O[Si](C)(C)C(C)(C)C)CCC2C2C=CC3=CC(=O)CCC3C12. The second kappa shape index (κ2) is 6.67. The molecule has 0 N–H and O–H groups in total. The Kier molecular flexibility index (Phi) is 4.90. The highest BCUT2D eigenvalue weighted by Crippen LogP contribution is 2.63. The molecule has 0 spiro atoms. The summed E-state index contributed by atoms with van der Waals surface area (Å²) in [4.78, 5) is 11.9. The molecule has 4 aliphatic carbocycles. The van der Waals surface area contributed by atoms with E-state index in [0.717, 1.165) is 18.8 Å². The van der Waals surface area contributed by atoms with E-state index in [1.54, 1.807) is 0 Å². The predicted octanol–water partition coefficient (Wildman–Crippen LogP) is 6.54. The minimum atomic E-state index is -1.76. The molecule has 0 heterocycles. The third-order valence-electron chi connectivity index (χ3n) is 9.33. The molecule has 4 aliphatic rings. The third-order valence-corrected chi connectivity index (χ3v) is 13.8. The van der Waals surface area contributed by atoms with E-state index in [2.05, 4.69) is 59.9 Å². The summed E-state index contributed by atoms with van der Waals surface area (Å²) in [7, 11) is -1.76. The highest BCUT2D eigenvalue weighted by atomic mass is 28.4. The van der Waals surface area contributed by atoms with E-state index >= 15 is 0 Å². The quantitative estimate of drug-likeness (QED) is 0.492. The first-order valence-electron chi connectivity index (χ1n) is 11.5. The lowest BCUT2D eigenvalue weighted by molar-refractivity contribution is -0.116. The molecule has 0 bridgehead atoms. The zero-order valence-corrected chi connectivity index (χ0v) is 20.0. The van der Waals surface area contributed by atoms with E-state index in [4.69, 9.17) is 4.43 Å². The highest BCUT2D eigenvalue weighted by molar-refractivity contribution is 6.74. The van der Waals surface area contributed by atoms with Crippen molar-refractivity contribution in [3.05, 3.63) is 23.8 Å². The van der Waals surface area contributed by atoms with E-state index < -0.39 is 8.32 Å². The van der Waals surface area contributed by atoms with E-state index in [1.165, 1.54) is 24.8 Å². The average Bonchev–Trinajstić information content (AvgIpc) is 2.89. The molecule has 2 saturated carbocycles. The maximum Gasteiger partial charge on any atom is 0.192 e. The van der Waals surface area contributed by atoms with Crippen LogP contribution >= 0.6 is 0 Å². The zero-order chi connectivity index (χ0) is 20.5. The fourth-order valence-corrected chi connectivity index (χ4v) is 8.36. The predicted molar refractivity (Wildman–Crippen MR) is 119 cm³/mol. The standard InChI is InChI=1S/C25H40O2Si/c1-16-15-25(5)21(12-13-22(25)27-28(6,7)24(2,3)4)20-10-8-17-14-18(26)9-11-19(17)23(16)20/h8,10,14,16,19-23H,9,11-13,15H2,1-7H3. The van der Waals surface area contributed by atoms with Gasteiger partial charge in [-0.2, -0.15) is 0 Å². The summed E-state index contributed by atoms with van der Waals surface area (Å²) in [5.74, 6) is 3.74. The van der Waals surface area contributed by atoms with Crippen LogP contribution in [0.2, 0.25) is 18.1 Å². The van der Waals surface area contributed by atoms with E-state index in [0.29, 0.717) is 41.0 Å². The van der Waals surface area contributed by atoms with Gasteiger partial charge >= 0.3 is 0 Å². The molecule has 2 nitrogen and oxygen atoms in total. The average molecular weight is 401 g/mol. The Bertz CT molecular complexity index is 713. The van der Waals surface area contributed by atoms with Crippen LogP contribution in [0.5, 0.6) is 0 Å². The van der Waals surface area contributed by atoms with Crippen molar-refractivity contribution < 1.29 is 9.22 Å². The lowest BCUT2D eigenvalue weighted by atomic mass is 9.51. The molecule has 2 fully saturated rings. The molecule has 0 radical (unpaired) electrons. The number of fused-ring (bicyclic) bond motifs is 5. The molecule has 0 aliphatic heterocycles. The summed E-state index contributed by atoms with van der Waals surface area (Å²) in [5.41, 5.74) is 1.62. The molecule has 7 atom stereocenters. The van der Waals surface area contributed by atoms with Crippen LogP contribution in [0.1, 0.15) is 66.7 Å². The van der Waals surface area contributed by atoms with Gasteiger partial charge in [0.05, 0.1) is 6.10 Å². The lowest BCUT2D eigenvalue weighted by Gasteiger charge is -2.55. The van der Waals surface area contributed by atoms with Crippen molar-refractivity contribution in [3.63, 3.8) is 0 Å². The highest BCUT2D eigenvalue weighted by Gasteiger charge is 2.59. The minimum absolute atomic E-state index is 0.267. The van der Waals surface area contributed by atoms with Crippen LogP contribution in [0.15, 0.2) is 23.8 Å². The van der Waals surface area contributed by atoms with Crippen molar-refractivity contribution in [2.45, 2.75) is 91.0 Å². The monoisotopic (exact) mass is 400 g/mol. The third kappa shape index (κ3) is 3.12. The summed E-state index contributed by atoms with van der Waals surface area (Å²) in [6.07, 6.45) is 12.8. The van der Waals surface area contributed by atoms with Gasteiger partial charge in [0.2, 0.25) is 0 Å². The number of hydrogen-bond donors (Lipinski definition) is 0. The molecule has 0 aromatic heterocycles. The van der Waals surface area contributed by atoms with E-state index in [1.807, 2.05) is 6.08 Å². The van der Waals surface area contributed by atoms with Crippen molar-refractivity contribution in [2.24, 2.45) is 35.0 Å². The maximum atomic E-state index is 11.9. The van der Waals surface area contributed by atoms with Gasteiger partial charge in [-0.1, -0.05) is 46.8 Å². The maximum absolute atomic E-state index is 11.9. The molecule has 0 amide bonds. The Hall–Kier alpha value is -0.673. The first-order valence-corrected chi connectivity index (χ1v) is 14.5. The summed E-state index contributed by atoms with van der Waals surface area (Å²) < 4.78 is 7.04. The van der Waals surface area contributed by atoms with Crippen molar-refractivity contribution in [1.82, 2.24) is 0 Å². The van der Waals surface area contributed by atoms with Crippen LogP contribution in [0.4, 0.5) is 0 Å². The Morgan fingerprint density at radius 3 is 2.57 bits per heavy atom. The van der Waals surface area contributed by atoms with Gasteiger partial charge in [0.25, 0.3) is 0 Å². The lowest BCUT2D eigenvalue weighted by Crippen LogP contribution is -2.53. The van der Waals surface area contributed by atoms with Crippen LogP contribution in [0.25, 0.3) is 0 Å². The first kappa shape index (κ1) is 20.6. The van der Waals surface area contributed by atoms with Gasteiger partial charge in [-0.15, -0.1) is 0 Å². The van der Waals surface area contributed by atoms with Crippen molar-refractivity contribution in [3.8, 4) is 0 Å². The van der Waals surface area contributed by atoms with Gasteiger partial charge < -0.3 is 4.43 Å². The summed E-state index contributed by atoms with van der Waals surface area (Å²) in [6.45, 7) is 16.9. The van der Waals surface area contributed by atoms with Gasteiger partial charge in [0.1, 0.15) is 0 Å². The second-order valence-corrected chi connectivity index (χ2v) is 16.8. The van der Waals surface area contributed by atoms with Crippen molar-refractivity contribution in [1.29, 1.82) is 0 Å². The van der Waals surface area contributed by atoms with Gasteiger partial charge in [0, 0.05) is 6.42 Å². The van der Waals surface area contributed by atoms with Crippen LogP contribution in [-0.4, -0.2) is 20.2 Å². The fraction of sp³-hybridized carbons (Fsp3) is 0.800. The van der Waals surface area contributed by atoms with Crippen LogP contribution in [0.3, 0.4) is 0 Å². The van der Waals surface area contributed by atoms with Gasteiger partial charge in [-0.3, -0.25) is 4.79 Å². The Morgan fingerprint density at radius 2 is 1.89 bits per heavy atom. The number of rotatable bonds is 2. The van der Waals surface area contributed by atoms with Crippen molar-refractivity contribution in [2.75, 3.05) is 0 Å². The van der Waals surface area contributed by atoms with Gasteiger partial charge in [-0.05, 0) is 90.5 Å². The minimum Gasteiger partial charge on any atom is -0.413 e. The second-order valence-electron chi connectivity index (χ2n) is 12.0. The number of ketones is 1. The molecule has 4 rings (SSSR count). The molecular formula is C25H40O2Si. The Labute approximate surface area is 173 Å². The molecule has 156 valence electrons. The summed E-state index contributed by atoms with van der Waals surface area (Å²) >= 11 is 0. The molecule has 0 aromatic carbocycles. The van der Waals surface area contributed by atoms with Crippen molar-refractivity contribution >= 4 is 14.1 Å². The molecular weight excluding hydrogens is 360 g/mol. The molecule has 7 unspecified atom stereocenters. The van der Waals surface area contributed by atoms with Gasteiger partial charge in [-0.25, -0.2) is 0 Å². The Morgan fingerprint density at radius 1 is 1.18 bits per heavy atom. The van der Waals surface area contributed by atoms with Gasteiger partial charge in [0.15, 0.2) is 14.1 Å². The number of allylic oxidation sites excluding steroid dienone is 4. The smallest absolute Gasteiger partial charge is 0.192 e. The number of hydrogen-bond acceptors (Lipinski definition) is 2. The summed E-state index contributed by atoms with van der Waals surface area (Å²) in [5, 5.41) is 0.267. The zero-order valence-electron chi connectivity index (χ0n) is 19.0. The number of carbonyl (C=O) groups excluding carboxylic acids is 1. The van der Waals surface area contributed by atoms with E-state index in [-0.39, 0.29) is 5.04 Å². The van der Waals surface area contributed by atoms with E-state index in [9.17, 15) is 4.79 Å². The Balaban J connectivity index is 1.62. The van der Waals surface area contributed by atoms with Crippen LogP contribution in [-0.2, 0) is 9.22 Å². The molecule has 28 heavy (non-hydrogen) atoms. The topological polar surface area (TPSA) is 26.3 Å². The molecule has 3 heteroatoms. The molecule has 0 saturated heterocycles. The first-order chi connectivity index (χ1) is 12.9. The largest absolute Gasteiger partial charge is 0.413 e.